The number of anilines is 3. The molecule has 27 heavy (non-hydrogen) atoms. The van der Waals surface area contributed by atoms with E-state index in [1.54, 1.807) is 4.52 Å². The Morgan fingerprint density at radius 1 is 1.19 bits per heavy atom. The second-order valence-electron chi connectivity index (χ2n) is 7.11. The van der Waals surface area contributed by atoms with Gasteiger partial charge in [-0.3, -0.25) is 0 Å². The highest BCUT2D eigenvalue weighted by molar-refractivity contribution is 5.75. The number of nitrogens with two attached hydrogens (primary N) is 2. The lowest BCUT2D eigenvalue weighted by Gasteiger charge is -2.24. The Labute approximate surface area is 158 Å². The smallest absolute Gasteiger partial charge is 0.177 e. The van der Waals surface area contributed by atoms with E-state index >= 15 is 0 Å². The number of nitrogen functional groups attached to an aromatic ring is 1. The van der Waals surface area contributed by atoms with Gasteiger partial charge in [-0.25, -0.2) is 9.50 Å². The van der Waals surface area contributed by atoms with Crippen molar-refractivity contribution in [1.29, 1.82) is 0 Å². The van der Waals surface area contributed by atoms with Gasteiger partial charge in [0.1, 0.15) is 11.6 Å². The molecule has 0 bridgehead atoms. The number of hydrogen-bond acceptors (Lipinski definition) is 6. The lowest BCUT2D eigenvalue weighted by Crippen LogP contribution is -2.25. The summed E-state index contributed by atoms with van der Waals surface area (Å²) in [6, 6.07) is 9.98. The van der Waals surface area contributed by atoms with Crippen LogP contribution in [0.15, 0.2) is 36.5 Å². The average Bonchev–Trinajstić information content (AvgIpc) is 3.08. The summed E-state index contributed by atoms with van der Waals surface area (Å²) >= 11 is 0. The summed E-state index contributed by atoms with van der Waals surface area (Å²) in [7, 11) is 0. The summed E-state index contributed by atoms with van der Waals surface area (Å²) < 4.78 is 7.27. The van der Waals surface area contributed by atoms with Gasteiger partial charge in [-0.1, -0.05) is 0 Å². The van der Waals surface area contributed by atoms with Gasteiger partial charge in [-0.15, -0.1) is 5.10 Å². The average molecular weight is 366 g/mol. The predicted octanol–water partition coefficient (Wildman–Crippen LogP) is 3.44. The molecule has 0 atom stereocenters. The Morgan fingerprint density at radius 3 is 2.63 bits per heavy atom. The van der Waals surface area contributed by atoms with E-state index in [0.717, 1.165) is 54.1 Å². The van der Waals surface area contributed by atoms with Crippen LogP contribution >= 0.6 is 0 Å². The molecule has 1 saturated carbocycles. The van der Waals surface area contributed by atoms with E-state index in [2.05, 4.69) is 10.4 Å². The number of aromatic nitrogens is 3. The van der Waals surface area contributed by atoms with Gasteiger partial charge in [0.2, 0.25) is 0 Å². The van der Waals surface area contributed by atoms with Gasteiger partial charge in [0.05, 0.1) is 24.2 Å². The number of nitrogens with one attached hydrogen (secondary N) is 1. The normalized spacial score (nSPS) is 19.9. The fourth-order valence-corrected chi connectivity index (χ4v) is 3.67. The largest absolute Gasteiger partial charge is 0.494 e. The molecule has 0 amide bonds. The zero-order chi connectivity index (χ0) is 18.8. The molecule has 4 rings (SSSR count). The molecule has 0 radical (unpaired) electrons. The zero-order valence-electron chi connectivity index (χ0n) is 15.6. The molecule has 1 aliphatic carbocycles. The molecule has 1 aromatic carbocycles. The molecule has 2 aromatic heterocycles. The molecule has 142 valence electrons. The maximum Gasteiger partial charge on any atom is 0.177 e. The molecule has 0 unspecified atom stereocenters. The Morgan fingerprint density at radius 2 is 1.93 bits per heavy atom. The third-order valence-corrected chi connectivity index (χ3v) is 5.10. The number of imidazole rings is 1. The van der Waals surface area contributed by atoms with Crippen LogP contribution in [0, 0.1) is 0 Å². The fourth-order valence-electron chi connectivity index (χ4n) is 3.67. The van der Waals surface area contributed by atoms with Crippen LogP contribution in [0.1, 0.15) is 44.2 Å². The first kappa shape index (κ1) is 17.6. The minimum atomic E-state index is 0.323. The van der Waals surface area contributed by atoms with Crippen molar-refractivity contribution < 1.29 is 4.74 Å². The summed E-state index contributed by atoms with van der Waals surface area (Å²) in [4.78, 5) is 4.86. The van der Waals surface area contributed by atoms with Crippen LogP contribution < -0.4 is 21.5 Å². The van der Waals surface area contributed by atoms with E-state index in [1.807, 2.05) is 43.5 Å². The lowest BCUT2D eigenvalue weighted by atomic mass is 9.85. The summed E-state index contributed by atoms with van der Waals surface area (Å²) in [6.07, 6.45) is 6.23. The van der Waals surface area contributed by atoms with Crippen LogP contribution in [0.3, 0.4) is 0 Å². The summed E-state index contributed by atoms with van der Waals surface area (Å²) in [5.41, 5.74) is 15.7. The molecule has 1 aliphatic rings. The van der Waals surface area contributed by atoms with Crippen LogP contribution in [0.4, 0.5) is 17.2 Å². The molecular formula is C20H26N6O. The number of ether oxygens (including phenoxy) is 1. The van der Waals surface area contributed by atoms with Crippen molar-refractivity contribution in [1.82, 2.24) is 14.6 Å². The van der Waals surface area contributed by atoms with E-state index in [1.165, 1.54) is 0 Å². The van der Waals surface area contributed by atoms with Crippen LogP contribution in [-0.2, 0) is 0 Å². The molecule has 3 aromatic rings. The second-order valence-corrected chi connectivity index (χ2v) is 7.11. The number of nitrogens with zero attached hydrogens (tertiary/aromatic N) is 3. The predicted molar refractivity (Wildman–Crippen MR) is 107 cm³/mol. The molecule has 2 heterocycles. The van der Waals surface area contributed by atoms with Crippen molar-refractivity contribution in [2.45, 2.75) is 44.6 Å². The molecule has 0 saturated heterocycles. The summed E-state index contributed by atoms with van der Waals surface area (Å²) in [5, 5.41) is 7.80. The molecule has 0 spiro atoms. The third-order valence-electron chi connectivity index (χ3n) is 5.10. The first-order valence-corrected chi connectivity index (χ1v) is 9.53. The molecule has 7 heteroatoms. The van der Waals surface area contributed by atoms with Gasteiger partial charge in [-0.05, 0) is 56.9 Å². The van der Waals surface area contributed by atoms with Gasteiger partial charge >= 0.3 is 0 Å². The highest BCUT2D eigenvalue weighted by Crippen LogP contribution is 2.33. The van der Waals surface area contributed by atoms with Crippen molar-refractivity contribution in [3.63, 3.8) is 0 Å². The van der Waals surface area contributed by atoms with E-state index < -0.39 is 0 Å². The van der Waals surface area contributed by atoms with E-state index in [0.29, 0.717) is 24.4 Å². The van der Waals surface area contributed by atoms with Gasteiger partial charge in [0.15, 0.2) is 5.65 Å². The van der Waals surface area contributed by atoms with Gasteiger partial charge < -0.3 is 21.5 Å². The zero-order valence-corrected chi connectivity index (χ0v) is 15.6. The Balaban J connectivity index is 1.62. The second kappa shape index (κ2) is 7.44. The first-order chi connectivity index (χ1) is 13.1. The van der Waals surface area contributed by atoms with Crippen molar-refractivity contribution in [3.8, 4) is 5.75 Å². The van der Waals surface area contributed by atoms with Gasteiger partial charge in [-0.2, -0.15) is 0 Å². The lowest BCUT2D eigenvalue weighted by molar-refractivity contribution is 0.340. The Kier molecular flexibility index (Phi) is 4.85. The minimum Gasteiger partial charge on any atom is -0.494 e. The number of rotatable bonds is 5. The Bertz CT molecular complexity index is 912. The third kappa shape index (κ3) is 3.83. The number of hydrogen-bond donors (Lipinski definition) is 3. The molecule has 5 N–H and O–H groups in total. The number of fused-ring (bicyclic) bond motifs is 1. The quantitative estimate of drug-likeness (QED) is 0.639. The van der Waals surface area contributed by atoms with Crippen LogP contribution in [0.25, 0.3) is 5.65 Å². The van der Waals surface area contributed by atoms with E-state index in [9.17, 15) is 0 Å². The van der Waals surface area contributed by atoms with Crippen molar-refractivity contribution >= 4 is 22.8 Å². The molecule has 0 aliphatic heterocycles. The Hall–Kier alpha value is -2.80. The van der Waals surface area contributed by atoms with E-state index in [4.69, 9.17) is 21.2 Å². The standard InChI is InChI=1S/C20H26N6O/c1-2-27-16-9-7-15(8-10-16)23-17-11-19(22)25-26-12-18(24-20(17)26)13-3-5-14(21)6-4-13/h7-14,23H,2-6,21H2,1H3,(H2,22,25)/t13-,14-. The summed E-state index contributed by atoms with van der Waals surface area (Å²) in [5.74, 6) is 1.73. The minimum absolute atomic E-state index is 0.323. The van der Waals surface area contributed by atoms with Gasteiger partial charge in [0.25, 0.3) is 0 Å². The van der Waals surface area contributed by atoms with E-state index in [-0.39, 0.29) is 0 Å². The number of benzene rings is 1. The highest BCUT2D eigenvalue weighted by atomic mass is 16.5. The molecular weight excluding hydrogens is 340 g/mol. The van der Waals surface area contributed by atoms with Gasteiger partial charge in [0, 0.05) is 23.7 Å². The van der Waals surface area contributed by atoms with Crippen molar-refractivity contribution in [2.75, 3.05) is 17.7 Å². The topological polar surface area (TPSA) is 103 Å². The first-order valence-electron chi connectivity index (χ1n) is 9.53. The molecule has 1 fully saturated rings. The maximum atomic E-state index is 6.04. The van der Waals surface area contributed by atoms with Crippen LogP contribution in [0.2, 0.25) is 0 Å². The molecule has 7 nitrogen and oxygen atoms in total. The maximum absolute atomic E-state index is 6.04. The van der Waals surface area contributed by atoms with Crippen LogP contribution in [-0.4, -0.2) is 27.2 Å². The fraction of sp³-hybridized carbons (Fsp3) is 0.400. The highest BCUT2D eigenvalue weighted by Gasteiger charge is 2.23. The monoisotopic (exact) mass is 366 g/mol. The van der Waals surface area contributed by atoms with Crippen molar-refractivity contribution in [2.24, 2.45) is 5.73 Å². The van der Waals surface area contributed by atoms with Crippen molar-refractivity contribution in [3.05, 3.63) is 42.2 Å². The summed E-state index contributed by atoms with van der Waals surface area (Å²) in [6.45, 7) is 2.62. The van der Waals surface area contributed by atoms with Crippen LogP contribution in [0.5, 0.6) is 5.75 Å². The SMILES string of the molecule is CCOc1ccc(Nc2cc(N)nn3cc([C@H]4CC[C@H](N)CC4)nc23)cc1.